The first-order chi connectivity index (χ1) is 12.1. The molecule has 4 aromatic rings. The van der Waals surface area contributed by atoms with Gasteiger partial charge in [0, 0.05) is 28.0 Å². The minimum Gasteiger partial charge on any atom is -0.457 e. The Hall–Kier alpha value is -3.01. The number of para-hydroxylation sites is 2. The van der Waals surface area contributed by atoms with Gasteiger partial charge >= 0.3 is 5.97 Å². The first-order valence-corrected chi connectivity index (χ1v) is 8.36. The number of benzene rings is 2. The summed E-state index contributed by atoms with van der Waals surface area (Å²) >= 11 is 0. The molecule has 0 bridgehead atoms. The maximum absolute atomic E-state index is 12.4. The van der Waals surface area contributed by atoms with Crippen molar-refractivity contribution in [3.8, 4) is 0 Å². The van der Waals surface area contributed by atoms with Gasteiger partial charge in [0.05, 0.1) is 6.42 Å². The number of carbonyl (C=O) groups is 1. The van der Waals surface area contributed by atoms with E-state index in [1.165, 1.54) is 0 Å². The molecule has 2 aromatic heterocycles. The summed E-state index contributed by atoms with van der Waals surface area (Å²) in [5.74, 6) is 0.436. The van der Waals surface area contributed by atoms with Crippen LogP contribution in [0.5, 0.6) is 0 Å². The number of fused-ring (bicyclic) bond motifs is 2. The normalized spacial score (nSPS) is 12.6. The molecule has 0 aliphatic heterocycles. The van der Waals surface area contributed by atoms with Crippen LogP contribution in [0.3, 0.4) is 0 Å². The fourth-order valence-electron chi connectivity index (χ4n) is 3.31. The van der Waals surface area contributed by atoms with Crippen LogP contribution in [0.1, 0.15) is 29.9 Å². The first-order valence-electron chi connectivity index (χ1n) is 8.36. The predicted molar refractivity (Wildman–Crippen MR) is 97.5 cm³/mol. The summed E-state index contributed by atoms with van der Waals surface area (Å²) in [6.07, 6.45) is 1.67. The zero-order valence-electron chi connectivity index (χ0n) is 14.2. The van der Waals surface area contributed by atoms with Crippen LogP contribution in [-0.4, -0.2) is 11.0 Å². The maximum atomic E-state index is 12.4. The van der Waals surface area contributed by atoms with Gasteiger partial charge in [-0.25, -0.2) is 0 Å². The van der Waals surface area contributed by atoms with Crippen molar-refractivity contribution in [1.29, 1.82) is 0 Å². The molecule has 0 saturated heterocycles. The third kappa shape index (κ3) is 2.80. The minimum absolute atomic E-state index is 0.230. The molecule has 1 atom stereocenters. The van der Waals surface area contributed by atoms with Crippen molar-refractivity contribution in [2.45, 2.75) is 26.4 Å². The van der Waals surface area contributed by atoms with Crippen molar-refractivity contribution in [3.05, 3.63) is 71.6 Å². The van der Waals surface area contributed by atoms with Crippen molar-refractivity contribution in [2.24, 2.45) is 0 Å². The molecule has 0 fully saturated rings. The van der Waals surface area contributed by atoms with E-state index in [1.807, 2.05) is 68.6 Å². The van der Waals surface area contributed by atoms with E-state index >= 15 is 0 Å². The third-order valence-electron chi connectivity index (χ3n) is 4.57. The van der Waals surface area contributed by atoms with Crippen molar-refractivity contribution in [3.63, 3.8) is 0 Å². The molecule has 0 saturated carbocycles. The van der Waals surface area contributed by atoms with Gasteiger partial charge in [0.2, 0.25) is 0 Å². The van der Waals surface area contributed by atoms with E-state index in [1.54, 1.807) is 0 Å². The second-order valence-electron chi connectivity index (χ2n) is 6.26. The quantitative estimate of drug-likeness (QED) is 0.531. The Balaban J connectivity index is 1.52. The molecule has 25 heavy (non-hydrogen) atoms. The molecular formula is C21H19NO3. The summed E-state index contributed by atoms with van der Waals surface area (Å²) in [5, 5.41) is 2.10. The van der Waals surface area contributed by atoms with Crippen LogP contribution in [-0.2, 0) is 16.0 Å². The number of nitrogens with one attached hydrogen (secondary N) is 1. The Labute approximate surface area is 145 Å². The number of aromatic amines is 1. The van der Waals surface area contributed by atoms with Crippen molar-refractivity contribution in [1.82, 2.24) is 4.98 Å². The summed E-state index contributed by atoms with van der Waals surface area (Å²) < 4.78 is 11.5. The lowest BCUT2D eigenvalue weighted by molar-refractivity contribution is -0.148. The van der Waals surface area contributed by atoms with Crippen molar-refractivity contribution in [2.75, 3.05) is 0 Å². The van der Waals surface area contributed by atoms with Gasteiger partial charge in [0.25, 0.3) is 0 Å². The van der Waals surface area contributed by atoms with Crippen molar-refractivity contribution < 1.29 is 13.9 Å². The summed E-state index contributed by atoms with van der Waals surface area (Å²) in [7, 11) is 0. The first kappa shape index (κ1) is 15.5. The van der Waals surface area contributed by atoms with Gasteiger partial charge in [-0.1, -0.05) is 36.4 Å². The number of H-pyrrole nitrogens is 1. The minimum atomic E-state index is -0.426. The van der Waals surface area contributed by atoms with Crippen LogP contribution in [0.4, 0.5) is 0 Å². The van der Waals surface area contributed by atoms with Crippen LogP contribution in [0, 0.1) is 6.92 Å². The monoisotopic (exact) mass is 333 g/mol. The highest BCUT2D eigenvalue weighted by Gasteiger charge is 2.20. The smallest absolute Gasteiger partial charge is 0.311 e. The average molecular weight is 333 g/mol. The Morgan fingerprint density at radius 1 is 1.12 bits per heavy atom. The summed E-state index contributed by atoms with van der Waals surface area (Å²) in [4.78, 5) is 15.6. The van der Waals surface area contributed by atoms with Gasteiger partial charge in [-0.2, -0.15) is 0 Å². The van der Waals surface area contributed by atoms with E-state index in [0.717, 1.165) is 33.0 Å². The number of furan rings is 1. The molecule has 0 amide bonds. The van der Waals surface area contributed by atoms with Gasteiger partial charge in [0.1, 0.15) is 11.3 Å². The highest BCUT2D eigenvalue weighted by molar-refractivity contribution is 5.87. The Morgan fingerprint density at radius 3 is 2.64 bits per heavy atom. The second-order valence-corrected chi connectivity index (χ2v) is 6.26. The van der Waals surface area contributed by atoms with Crippen LogP contribution >= 0.6 is 0 Å². The van der Waals surface area contributed by atoms with E-state index in [0.29, 0.717) is 5.76 Å². The molecule has 0 radical (unpaired) electrons. The van der Waals surface area contributed by atoms with E-state index in [2.05, 4.69) is 4.98 Å². The number of carbonyl (C=O) groups excluding carboxylic acids is 1. The number of aromatic nitrogens is 1. The van der Waals surface area contributed by atoms with Gasteiger partial charge in [-0.05, 0) is 31.5 Å². The van der Waals surface area contributed by atoms with E-state index in [4.69, 9.17) is 9.15 Å². The number of ether oxygens (including phenoxy) is 1. The van der Waals surface area contributed by atoms with E-state index in [-0.39, 0.29) is 12.4 Å². The number of aryl methyl sites for hydroxylation is 1. The summed E-state index contributed by atoms with van der Waals surface area (Å²) in [6, 6.07) is 15.8. The zero-order chi connectivity index (χ0) is 17.4. The number of esters is 1. The summed E-state index contributed by atoms with van der Waals surface area (Å²) in [6.45, 7) is 3.84. The molecule has 0 aliphatic carbocycles. The number of hydrogen-bond acceptors (Lipinski definition) is 3. The molecule has 0 aliphatic rings. The molecule has 126 valence electrons. The topological polar surface area (TPSA) is 55.2 Å². The molecular weight excluding hydrogens is 314 g/mol. The van der Waals surface area contributed by atoms with Gasteiger partial charge in [0.15, 0.2) is 6.10 Å². The highest BCUT2D eigenvalue weighted by atomic mass is 16.6. The Morgan fingerprint density at radius 2 is 1.84 bits per heavy atom. The molecule has 1 N–H and O–H groups in total. The molecule has 4 heteroatoms. The molecule has 2 aromatic carbocycles. The average Bonchev–Trinajstić information content (AvgIpc) is 3.17. The SMILES string of the molecule is Cc1c([C@@H](C)OC(=O)Cc2c[nH]c3ccccc23)oc2ccccc12. The maximum Gasteiger partial charge on any atom is 0.311 e. The van der Waals surface area contributed by atoms with Crippen LogP contribution in [0.15, 0.2) is 59.1 Å². The standard InChI is InChI=1S/C21H19NO3/c1-13-16-7-4-6-10-19(16)25-21(13)14(2)24-20(23)11-15-12-22-18-9-5-3-8-17(15)18/h3-10,12,14,22H,11H2,1-2H3/t14-/m1/s1. The van der Waals surface area contributed by atoms with E-state index < -0.39 is 6.10 Å². The molecule has 4 rings (SSSR count). The van der Waals surface area contributed by atoms with Crippen LogP contribution in [0.25, 0.3) is 21.9 Å². The third-order valence-corrected chi connectivity index (χ3v) is 4.57. The predicted octanol–water partition coefficient (Wildman–Crippen LogP) is 5.07. The lowest BCUT2D eigenvalue weighted by Gasteiger charge is -2.11. The fourth-order valence-corrected chi connectivity index (χ4v) is 3.31. The van der Waals surface area contributed by atoms with Crippen LogP contribution < -0.4 is 0 Å². The fraction of sp³-hybridized carbons (Fsp3) is 0.190. The summed E-state index contributed by atoms with van der Waals surface area (Å²) in [5.41, 5.74) is 3.79. The van der Waals surface area contributed by atoms with Crippen molar-refractivity contribution >= 4 is 27.8 Å². The lowest BCUT2D eigenvalue weighted by Crippen LogP contribution is -2.11. The number of hydrogen-bond donors (Lipinski definition) is 1. The van der Waals surface area contributed by atoms with Gasteiger partial charge in [-0.15, -0.1) is 0 Å². The van der Waals surface area contributed by atoms with Gasteiger partial charge in [-0.3, -0.25) is 4.79 Å². The van der Waals surface area contributed by atoms with Gasteiger partial charge < -0.3 is 14.1 Å². The second kappa shape index (κ2) is 6.13. The highest BCUT2D eigenvalue weighted by Crippen LogP contribution is 2.31. The molecule has 4 nitrogen and oxygen atoms in total. The van der Waals surface area contributed by atoms with E-state index in [9.17, 15) is 4.79 Å². The van der Waals surface area contributed by atoms with Crippen LogP contribution in [0.2, 0.25) is 0 Å². The largest absolute Gasteiger partial charge is 0.457 e. The molecule has 0 spiro atoms. The Kier molecular flexibility index (Phi) is 3.80. The number of rotatable bonds is 4. The molecule has 2 heterocycles. The zero-order valence-corrected chi connectivity index (χ0v) is 14.2. The molecule has 0 unspecified atom stereocenters. The Bertz CT molecular complexity index is 1060. The lowest BCUT2D eigenvalue weighted by atomic mass is 10.1.